The van der Waals surface area contributed by atoms with E-state index >= 15 is 0 Å². The SMILES string of the molecule is CCCCN(C(=O)N1CCC(CCC(=O)O)CC1)C1CC1. The fraction of sp³-hybridized carbons (Fsp3) is 0.875. The third-order valence-electron chi connectivity index (χ3n) is 4.64. The number of carboxylic acid groups (broad SMARTS) is 1. The van der Waals surface area contributed by atoms with Gasteiger partial charge in [0.15, 0.2) is 0 Å². The van der Waals surface area contributed by atoms with Crippen LogP contribution in [0.1, 0.15) is 58.3 Å². The number of amides is 2. The summed E-state index contributed by atoms with van der Waals surface area (Å²) in [5.41, 5.74) is 0. The number of nitrogens with zero attached hydrogens (tertiary/aromatic N) is 2. The average Bonchev–Trinajstić information content (AvgIpc) is 3.30. The van der Waals surface area contributed by atoms with E-state index in [4.69, 9.17) is 5.11 Å². The maximum atomic E-state index is 12.6. The summed E-state index contributed by atoms with van der Waals surface area (Å²) in [4.78, 5) is 27.3. The monoisotopic (exact) mass is 296 g/mol. The number of likely N-dealkylation sites (tertiary alicyclic amines) is 1. The number of hydrogen-bond donors (Lipinski definition) is 1. The molecule has 1 saturated carbocycles. The molecule has 1 aliphatic heterocycles. The van der Waals surface area contributed by atoms with Crippen LogP contribution in [0.4, 0.5) is 4.79 Å². The normalized spacial score (nSPS) is 19.6. The topological polar surface area (TPSA) is 60.9 Å². The Labute approximate surface area is 127 Å². The minimum absolute atomic E-state index is 0.211. The minimum Gasteiger partial charge on any atom is -0.481 e. The maximum absolute atomic E-state index is 12.6. The van der Waals surface area contributed by atoms with Crippen molar-refractivity contribution in [1.29, 1.82) is 0 Å². The Hall–Kier alpha value is -1.26. The molecular weight excluding hydrogens is 268 g/mol. The van der Waals surface area contributed by atoms with E-state index in [-0.39, 0.29) is 12.5 Å². The van der Waals surface area contributed by atoms with Gasteiger partial charge in [0, 0.05) is 32.1 Å². The molecule has 0 spiro atoms. The molecule has 1 heterocycles. The number of carboxylic acids is 1. The first-order valence-corrected chi connectivity index (χ1v) is 8.39. The summed E-state index contributed by atoms with van der Waals surface area (Å²) in [6.07, 6.45) is 7.42. The summed E-state index contributed by atoms with van der Waals surface area (Å²) in [6, 6.07) is 0.691. The lowest BCUT2D eigenvalue weighted by atomic mass is 9.92. The zero-order valence-electron chi connectivity index (χ0n) is 13.1. The van der Waals surface area contributed by atoms with Crippen LogP contribution >= 0.6 is 0 Å². The Morgan fingerprint density at radius 1 is 1.19 bits per heavy atom. The summed E-state index contributed by atoms with van der Waals surface area (Å²) in [7, 11) is 0. The molecule has 2 amide bonds. The summed E-state index contributed by atoms with van der Waals surface area (Å²) >= 11 is 0. The van der Waals surface area contributed by atoms with Crippen LogP contribution in [0.3, 0.4) is 0 Å². The van der Waals surface area contributed by atoms with Gasteiger partial charge in [-0.15, -0.1) is 0 Å². The lowest BCUT2D eigenvalue weighted by molar-refractivity contribution is -0.137. The molecule has 0 unspecified atom stereocenters. The van der Waals surface area contributed by atoms with Gasteiger partial charge in [0.1, 0.15) is 0 Å². The smallest absolute Gasteiger partial charge is 0.320 e. The van der Waals surface area contributed by atoms with Gasteiger partial charge in [-0.3, -0.25) is 4.79 Å². The number of urea groups is 1. The third-order valence-corrected chi connectivity index (χ3v) is 4.64. The summed E-state index contributed by atoms with van der Waals surface area (Å²) in [6.45, 7) is 4.62. The third kappa shape index (κ3) is 4.90. The Morgan fingerprint density at radius 3 is 2.38 bits per heavy atom. The zero-order valence-corrected chi connectivity index (χ0v) is 13.1. The molecule has 0 atom stereocenters. The van der Waals surface area contributed by atoms with Crippen LogP contribution in [0.25, 0.3) is 0 Å². The second-order valence-electron chi connectivity index (χ2n) is 6.42. The molecule has 5 nitrogen and oxygen atoms in total. The molecule has 2 rings (SSSR count). The molecule has 1 N–H and O–H groups in total. The first-order valence-electron chi connectivity index (χ1n) is 8.39. The molecule has 120 valence electrons. The van der Waals surface area contributed by atoms with Crippen molar-refractivity contribution in [1.82, 2.24) is 9.80 Å². The van der Waals surface area contributed by atoms with Crippen molar-refractivity contribution in [2.24, 2.45) is 5.92 Å². The molecule has 0 bridgehead atoms. The largest absolute Gasteiger partial charge is 0.481 e. The number of unbranched alkanes of at least 4 members (excludes halogenated alkanes) is 1. The number of carbonyl (C=O) groups is 2. The number of rotatable bonds is 7. The van der Waals surface area contributed by atoms with Gasteiger partial charge >= 0.3 is 12.0 Å². The highest BCUT2D eigenvalue weighted by Crippen LogP contribution is 2.30. The number of aliphatic carboxylic acids is 1. The maximum Gasteiger partial charge on any atom is 0.320 e. The van der Waals surface area contributed by atoms with E-state index < -0.39 is 5.97 Å². The van der Waals surface area contributed by atoms with Gasteiger partial charge in [-0.1, -0.05) is 13.3 Å². The van der Waals surface area contributed by atoms with E-state index in [1.54, 1.807) is 0 Å². The molecular formula is C16H28N2O3. The van der Waals surface area contributed by atoms with Gasteiger partial charge < -0.3 is 14.9 Å². The Bertz CT molecular complexity index is 361. The first kappa shape index (κ1) is 16.1. The van der Waals surface area contributed by atoms with Crippen molar-refractivity contribution in [3.05, 3.63) is 0 Å². The molecule has 2 fully saturated rings. The fourth-order valence-electron chi connectivity index (χ4n) is 3.07. The van der Waals surface area contributed by atoms with Crippen LogP contribution in [0.5, 0.6) is 0 Å². The Kier molecular flexibility index (Phi) is 5.88. The van der Waals surface area contributed by atoms with Gasteiger partial charge in [0.25, 0.3) is 0 Å². The molecule has 5 heteroatoms. The van der Waals surface area contributed by atoms with Crippen molar-refractivity contribution >= 4 is 12.0 Å². The van der Waals surface area contributed by atoms with Crippen molar-refractivity contribution in [2.75, 3.05) is 19.6 Å². The summed E-state index contributed by atoms with van der Waals surface area (Å²) in [5, 5.41) is 8.74. The van der Waals surface area contributed by atoms with Gasteiger partial charge in [0.2, 0.25) is 0 Å². The van der Waals surface area contributed by atoms with E-state index in [1.807, 2.05) is 4.90 Å². The van der Waals surface area contributed by atoms with Crippen LogP contribution < -0.4 is 0 Å². The standard InChI is InChI=1S/C16H28N2O3/c1-2-3-10-18(14-5-6-14)16(21)17-11-8-13(9-12-17)4-7-15(19)20/h13-14H,2-12H2,1H3,(H,19,20). The lowest BCUT2D eigenvalue weighted by Gasteiger charge is -2.36. The van der Waals surface area contributed by atoms with E-state index in [1.165, 1.54) is 0 Å². The molecule has 0 aromatic rings. The van der Waals surface area contributed by atoms with Gasteiger partial charge in [-0.2, -0.15) is 0 Å². The van der Waals surface area contributed by atoms with E-state index in [0.717, 1.165) is 64.6 Å². The molecule has 0 aromatic carbocycles. The average molecular weight is 296 g/mol. The predicted octanol–water partition coefficient (Wildman–Crippen LogP) is 2.95. The highest BCUT2D eigenvalue weighted by molar-refractivity contribution is 5.75. The van der Waals surface area contributed by atoms with Crippen molar-refractivity contribution in [3.63, 3.8) is 0 Å². The fourth-order valence-corrected chi connectivity index (χ4v) is 3.07. The molecule has 0 radical (unpaired) electrons. The number of piperidine rings is 1. The van der Waals surface area contributed by atoms with Crippen LogP contribution in [-0.4, -0.2) is 52.6 Å². The van der Waals surface area contributed by atoms with Crippen LogP contribution in [0.2, 0.25) is 0 Å². The van der Waals surface area contributed by atoms with Gasteiger partial charge in [0.05, 0.1) is 0 Å². The summed E-state index contributed by atoms with van der Waals surface area (Å²) < 4.78 is 0. The first-order chi connectivity index (χ1) is 10.1. The second kappa shape index (κ2) is 7.66. The number of hydrogen-bond acceptors (Lipinski definition) is 2. The van der Waals surface area contributed by atoms with Crippen LogP contribution in [0, 0.1) is 5.92 Å². The van der Waals surface area contributed by atoms with Crippen molar-refractivity contribution in [2.45, 2.75) is 64.3 Å². The minimum atomic E-state index is -0.715. The highest BCUT2D eigenvalue weighted by atomic mass is 16.4. The highest BCUT2D eigenvalue weighted by Gasteiger charge is 2.35. The van der Waals surface area contributed by atoms with Crippen molar-refractivity contribution in [3.8, 4) is 0 Å². The molecule has 2 aliphatic rings. The quantitative estimate of drug-likeness (QED) is 0.785. The molecule has 1 aliphatic carbocycles. The second-order valence-corrected chi connectivity index (χ2v) is 6.42. The van der Waals surface area contributed by atoms with Crippen LogP contribution in [-0.2, 0) is 4.79 Å². The van der Waals surface area contributed by atoms with Crippen molar-refractivity contribution < 1.29 is 14.7 Å². The summed E-state index contributed by atoms with van der Waals surface area (Å²) in [5.74, 6) is -0.247. The zero-order chi connectivity index (χ0) is 15.2. The number of carbonyl (C=O) groups excluding carboxylic acids is 1. The van der Waals surface area contributed by atoms with E-state index in [2.05, 4.69) is 11.8 Å². The van der Waals surface area contributed by atoms with Crippen LogP contribution in [0.15, 0.2) is 0 Å². The lowest BCUT2D eigenvalue weighted by Crippen LogP contribution is -2.48. The van der Waals surface area contributed by atoms with Gasteiger partial charge in [-0.05, 0) is 44.4 Å². The molecule has 21 heavy (non-hydrogen) atoms. The molecule has 0 aromatic heterocycles. The Morgan fingerprint density at radius 2 is 1.86 bits per heavy atom. The van der Waals surface area contributed by atoms with E-state index in [0.29, 0.717) is 12.0 Å². The van der Waals surface area contributed by atoms with E-state index in [9.17, 15) is 9.59 Å². The predicted molar refractivity (Wildman–Crippen MR) is 81.2 cm³/mol. The Balaban J connectivity index is 1.77. The molecule has 1 saturated heterocycles. The van der Waals surface area contributed by atoms with Gasteiger partial charge in [-0.25, -0.2) is 4.79 Å².